The van der Waals surface area contributed by atoms with Crippen LogP contribution in [0.15, 0.2) is 71.6 Å². The van der Waals surface area contributed by atoms with Crippen molar-refractivity contribution in [2.45, 2.75) is 40.8 Å². The minimum absolute atomic E-state index is 0.00170. The SMILES string of the molecule is CC(=O)c1ccc2c(c1)[C@@H]1[C@H](Cl)[C@H](Sc3ccccc3[N+](=O)[O-])C[C@@H]1[C@H](c1ccc(Cl)cc1)N2. The lowest BCUT2D eigenvalue weighted by Gasteiger charge is -2.38. The van der Waals surface area contributed by atoms with Crippen LogP contribution in [-0.4, -0.2) is 21.3 Å². The van der Waals surface area contributed by atoms with Crippen molar-refractivity contribution < 1.29 is 9.72 Å². The lowest BCUT2D eigenvalue weighted by Crippen LogP contribution is -2.31. The number of para-hydroxylation sites is 1. The van der Waals surface area contributed by atoms with E-state index in [0.29, 0.717) is 15.5 Å². The topological polar surface area (TPSA) is 72.2 Å². The molecule has 0 aromatic heterocycles. The first-order valence-electron chi connectivity index (χ1n) is 11.0. The van der Waals surface area contributed by atoms with Crippen molar-refractivity contribution in [3.8, 4) is 0 Å². The first-order chi connectivity index (χ1) is 16.3. The number of anilines is 1. The molecule has 0 saturated heterocycles. The quantitative estimate of drug-likeness (QED) is 0.166. The van der Waals surface area contributed by atoms with Crippen LogP contribution in [0.5, 0.6) is 0 Å². The minimum atomic E-state index is -0.347. The van der Waals surface area contributed by atoms with Gasteiger partial charge in [0.05, 0.1) is 21.2 Å². The van der Waals surface area contributed by atoms with E-state index < -0.39 is 0 Å². The summed E-state index contributed by atoms with van der Waals surface area (Å²) >= 11 is 14.8. The van der Waals surface area contributed by atoms with Gasteiger partial charge in [-0.25, -0.2) is 0 Å². The van der Waals surface area contributed by atoms with Crippen LogP contribution in [-0.2, 0) is 0 Å². The second-order valence-corrected chi connectivity index (χ2v) is 11.0. The molecule has 5 atom stereocenters. The molecule has 2 aliphatic rings. The van der Waals surface area contributed by atoms with E-state index in [1.807, 2.05) is 48.5 Å². The van der Waals surface area contributed by atoms with Gasteiger partial charge in [-0.05, 0) is 66.8 Å². The van der Waals surface area contributed by atoms with Gasteiger partial charge in [-0.3, -0.25) is 14.9 Å². The summed E-state index contributed by atoms with van der Waals surface area (Å²) in [4.78, 5) is 23.9. The van der Waals surface area contributed by atoms with E-state index in [2.05, 4.69) is 5.32 Å². The zero-order valence-corrected chi connectivity index (χ0v) is 20.6. The monoisotopic (exact) mass is 512 g/mol. The summed E-state index contributed by atoms with van der Waals surface area (Å²) in [5.74, 6) is 0.158. The summed E-state index contributed by atoms with van der Waals surface area (Å²) < 4.78 is 0. The number of carbonyl (C=O) groups is 1. The number of nitro groups is 1. The van der Waals surface area contributed by atoms with Crippen LogP contribution in [0.1, 0.15) is 46.8 Å². The fourth-order valence-electron chi connectivity index (χ4n) is 5.21. The molecule has 0 unspecified atom stereocenters. The fraction of sp³-hybridized carbons (Fsp3) is 0.269. The molecule has 1 aliphatic heterocycles. The molecule has 0 bridgehead atoms. The van der Waals surface area contributed by atoms with Crippen molar-refractivity contribution in [1.82, 2.24) is 0 Å². The molecule has 0 radical (unpaired) electrons. The largest absolute Gasteiger partial charge is 0.378 e. The fourth-order valence-corrected chi connectivity index (χ4v) is 7.28. The van der Waals surface area contributed by atoms with Gasteiger partial charge in [0.2, 0.25) is 0 Å². The molecule has 174 valence electrons. The van der Waals surface area contributed by atoms with E-state index in [0.717, 1.165) is 23.2 Å². The lowest BCUT2D eigenvalue weighted by molar-refractivity contribution is -0.387. The van der Waals surface area contributed by atoms with Gasteiger partial charge in [0.25, 0.3) is 5.69 Å². The van der Waals surface area contributed by atoms with E-state index in [4.69, 9.17) is 23.2 Å². The highest BCUT2D eigenvalue weighted by Crippen LogP contribution is 2.58. The first-order valence-corrected chi connectivity index (χ1v) is 12.7. The number of nitrogens with zero attached hydrogens (tertiary/aromatic N) is 1. The first kappa shape index (κ1) is 23.2. The summed E-state index contributed by atoms with van der Waals surface area (Å²) in [6.07, 6.45) is 0.777. The van der Waals surface area contributed by atoms with Crippen LogP contribution in [0.3, 0.4) is 0 Å². The van der Waals surface area contributed by atoms with Gasteiger partial charge >= 0.3 is 0 Å². The lowest BCUT2D eigenvalue weighted by atomic mass is 9.76. The second kappa shape index (κ2) is 9.25. The molecule has 5 nitrogen and oxygen atoms in total. The van der Waals surface area contributed by atoms with E-state index >= 15 is 0 Å². The number of benzene rings is 3. The summed E-state index contributed by atoms with van der Waals surface area (Å²) in [5.41, 5.74) is 3.86. The predicted octanol–water partition coefficient (Wildman–Crippen LogP) is 7.49. The predicted molar refractivity (Wildman–Crippen MR) is 137 cm³/mol. The van der Waals surface area contributed by atoms with Gasteiger partial charge in [0.1, 0.15) is 0 Å². The molecule has 34 heavy (non-hydrogen) atoms. The smallest absolute Gasteiger partial charge is 0.282 e. The Morgan fingerprint density at radius 3 is 2.56 bits per heavy atom. The van der Waals surface area contributed by atoms with Gasteiger partial charge in [-0.15, -0.1) is 23.4 Å². The molecular weight excluding hydrogens is 491 g/mol. The maximum atomic E-state index is 12.1. The van der Waals surface area contributed by atoms with E-state index in [1.54, 1.807) is 19.1 Å². The zero-order valence-electron chi connectivity index (χ0n) is 18.3. The molecule has 1 saturated carbocycles. The Labute approximate surface area is 212 Å². The highest BCUT2D eigenvalue weighted by atomic mass is 35.5. The standard InChI is InChI=1S/C26H22Cl2N2O3S/c1-14(31)16-8-11-20-18(12-16)24-19(26(29-20)15-6-9-17(27)10-7-15)13-23(25(24)28)34-22-5-3-2-4-21(22)30(32)33/h2-12,19,23-26,29H,13H2,1H3/t19-,23+,24-,25+,26-/m0/s1. The third-order valence-electron chi connectivity index (χ3n) is 6.79. The third kappa shape index (κ3) is 4.19. The van der Waals surface area contributed by atoms with Crippen molar-refractivity contribution in [2.24, 2.45) is 5.92 Å². The Bertz CT molecular complexity index is 1270. The summed E-state index contributed by atoms with van der Waals surface area (Å²) in [6.45, 7) is 1.56. The van der Waals surface area contributed by atoms with Crippen molar-refractivity contribution in [2.75, 3.05) is 5.32 Å². The van der Waals surface area contributed by atoms with E-state index in [9.17, 15) is 14.9 Å². The molecule has 3 aromatic carbocycles. The molecule has 1 aliphatic carbocycles. The molecule has 5 rings (SSSR count). The molecule has 3 aromatic rings. The number of alkyl halides is 1. The number of rotatable bonds is 5. The van der Waals surface area contributed by atoms with Crippen LogP contribution in [0.4, 0.5) is 11.4 Å². The molecule has 1 heterocycles. The summed E-state index contributed by atoms with van der Waals surface area (Å²) in [7, 11) is 0. The Hall–Kier alpha value is -2.54. The number of nitrogens with one attached hydrogen (secondary N) is 1. The van der Waals surface area contributed by atoms with Crippen LogP contribution >= 0.6 is 35.0 Å². The highest BCUT2D eigenvalue weighted by Gasteiger charge is 2.50. The Morgan fingerprint density at radius 1 is 1.12 bits per heavy atom. The van der Waals surface area contributed by atoms with Crippen molar-refractivity contribution in [3.05, 3.63) is 98.6 Å². The van der Waals surface area contributed by atoms with Gasteiger partial charge in [-0.1, -0.05) is 35.9 Å². The van der Waals surface area contributed by atoms with Crippen LogP contribution in [0, 0.1) is 16.0 Å². The zero-order chi connectivity index (χ0) is 24.0. The van der Waals surface area contributed by atoms with Crippen molar-refractivity contribution >= 4 is 52.1 Å². The number of hydrogen-bond donors (Lipinski definition) is 1. The molecule has 1 fully saturated rings. The average Bonchev–Trinajstić information content (AvgIpc) is 3.15. The maximum absolute atomic E-state index is 12.1. The average molecular weight is 513 g/mol. The maximum Gasteiger partial charge on any atom is 0.282 e. The Kier molecular flexibility index (Phi) is 6.32. The minimum Gasteiger partial charge on any atom is -0.378 e. The number of Topliss-reactive ketones (excluding diaryl/α,β-unsaturated/α-hetero) is 1. The van der Waals surface area contributed by atoms with Crippen molar-refractivity contribution in [1.29, 1.82) is 0 Å². The number of nitro benzene ring substituents is 1. The number of fused-ring (bicyclic) bond motifs is 3. The van der Waals surface area contributed by atoms with Gasteiger partial charge < -0.3 is 5.32 Å². The van der Waals surface area contributed by atoms with Crippen molar-refractivity contribution in [3.63, 3.8) is 0 Å². The third-order valence-corrected chi connectivity index (χ3v) is 9.15. The summed E-state index contributed by atoms with van der Waals surface area (Å²) in [5, 5.41) is 15.6. The number of carbonyl (C=O) groups excluding carboxylic acids is 1. The van der Waals surface area contributed by atoms with Gasteiger partial charge in [0.15, 0.2) is 5.78 Å². The Balaban J connectivity index is 1.55. The second-order valence-electron chi connectivity index (χ2n) is 8.78. The number of ketones is 1. The van der Waals surface area contributed by atoms with E-state index in [-0.39, 0.29) is 44.9 Å². The number of halogens is 2. The van der Waals surface area contributed by atoms with Crippen LogP contribution in [0.25, 0.3) is 0 Å². The highest BCUT2D eigenvalue weighted by molar-refractivity contribution is 8.00. The number of thioether (sulfide) groups is 1. The molecule has 0 spiro atoms. The van der Waals surface area contributed by atoms with E-state index in [1.165, 1.54) is 17.8 Å². The molecule has 1 N–H and O–H groups in total. The molecule has 0 amide bonds. The molecule has 8 heteroatoms. The normalized spacial score (nSPS) is 25.2. The van der Waals surface area contributed by atoms with Crippen LogP contribution in [0.2, 0.25) is 5.02 Å². The van der Waals surface area contributed by atoms with Gasteiger partial charge in [-0.2, -0.15) is 0 Å². The number of hydrogen-bond acceptors (Lipinski definition) is 5. The molecular formula is C26H22Cl2N2O3S. The summed E-state index contributed by atoms with van der Waals surface area (Å²) in [6, 6.07) is 20.4. The van der Waals surface area contributed by atoms with Gasteiger partial charge in [0, 0.05) is 33.5 Å². The Morgan fingerprint density at radius 2 is 1.85 bits per heavy atom. The van der Waals surface area contributed by atoms with Crippen LogP contribution < -0.4 is 5.32 Å².